The molecule has 76 valence electrons. The monoisotopic (exact) mass is 191 g/mol. The number of nitrogens with zero attached hydrogens (tertiary/aromatic N) is 1. The molecule has 1 aliphatic rings. The summed E-state index contributed by atoms with van der Waals surface area (Å²) in [5.41, 5.74) is 0.725. The molecular weight excluding hydrogens is 174 g/mol. The molecule has 0 aliphatic heterocycles. The topological polar surface area (TPSA) is 33.1 Å². The van der Waals surface area contributed by atoms with E-state index in [0.29, 0.717) is 0 Å². The van der Waals surface area contributed by atoms with Crippen LogP contribution in [0.3, 0.4) is 0 Å². The molecule has 0 radical (unpaired) electrons. The van der Waals surface area contributed by atoms with Crippen molar-refractivity contribution in [3.63, 3.8) is 0 Å². The van der Waals surface area contributed by atoms with E-state index in [1.54, 1.807) is 12.4 Å². The lowest BCUT2D eigenvalue weighted by Crippen LogP contribution is -2.36. The summed E-state index contributed by atoms with van der Waals surface area (Å²) in [4.78, 5) is 3.97. The van der Waals surface area contributed by atoms with Gasteiger partial charge in [-0.05, 0) is 42.9 Å². The third-order valence-electron chi connectivity index (χ3n) is 3.60. The van der Waals surface area contributed by atoms with Crippen LogP contribution in [0, 0.1) is 5.41 Å². The first-order chi connectivity index (χ1) is 6.54. The van der Waals surface area contributed by atoms with Crippen molar-refractivity contribution in [2.24, 2.45) is 5.41 Å². The van der Waals surface area contributed by atoms with Crippen LogP contribution in [-0.4, -0.2) is 15.7 Å². The predicted molar refractivity (Wildman–Crippen MR) is 55.9 cm³/mol. The standard InChI is InChI=1S/C12H17NO/c1-11(5-6-11)12(2,14)9-10-3-7-13-8-4-10/h3-4,7-8,14H,5-6,9H2,1-2H3/t12-/m1/s1. The first kappa shape index (κ1) is 9.66. The van der Waals surface area contributed by atoms with Crippen molar-refractivity contribution in [3.05, 3.63) is 30.1 Å². The highest BCUT2D eigenvalue weighted by Crippen LogP contribution is 2.54. The van der Waals surface area contributed by atoms with Crippen molar-refractivity contribution < 1.29 is 5.11 Å². The van der Waals surface area contributed by atoms with Gasteiger partial charge in [-0.2, -0.15) is 0 Å². The van der Waals surface area contributed by atoms with E-state index in [9.17, 15) is 5.11 Å². The molecule has 1 N–H and O–H groups in total. The molecular formula is C12H17NO. The molecule has 1 aromatic rings. The van der Waals surface area contributed by atoms with Crippen LogP contribution in [0.25, 0.3) is 0 Å². The fraction of sp³-hybridized carbons (Fsp3) is 0.583. The molecule has 1 aliphatic carbocycles. The minimum absolute atomic E-state index is 0.135. The fourth-order valence-corrected chi connectivity index (χ4v) is 1.84. The van der Waals surface area contributed by atoms with E-state index in [1.807, 2.05) is 19.1 Å². The summed E-state index contributed by atoms with van der Waals surface area (Å²) in [5, 5.41) is 10.3. The van der Waals surface area contributed by atoms with Gasteiger partial charge in [-0.3, -0.25) is 4.98 Å². The molecule has 2 heteroatoms. The van der Waals surface area contributed by atoms with E-state index >= 15 is 0 Å². The Morgan fingerprint density at radius 3 is 2.50 bits per heavy atom. The maximum absolute atomic E-state index is 10.3. The van der Waals surface area contributed by atoms with Crippen LogP contribution in [0.15, 0.2) is 24.5 Å². The van der Waals surface area contributed by atoms with E-state index < -0.39 is 5.60 Å². The average Bonchev–Trinajstić information content (AvgIpc) is 2.86. The van der Waals surface area contributed by atoms with E-state index in [0.717, 1.165) is 24.8 Å². The summed E-state index contributed by atoms with van der Waals surface area (Å²) in [6.45, 7) is 4.11. The highest BCUT2D eigenvalue weighted by molar-refractivity contribution is 5.16. The molecule has 1 heterocycles. The molecule has 0 unspecified atom stereocenters. The van der Waals surface area contributed by atoms with Crippen LogP contribution in [0.1, 0.15) is 32.3 Å². The van der Waals surface area contributed by atoms with Crippen LogP contribution in [-0.2, 0) is 6.42 Å². The Hall–Kier alpha value is -0.890. The minimum Gasteiger partial charge on any atom is -0.389 e. The first-order valence-electron chi connectivity index (χ1n) is 5.15. The molecule has 1 fully saturated rings. The van der Waals surface area contributed by atoms with Gasteiger partial charge in [0, 0.05) is 18.8 Å². The van der Waals surface area contributed by atoms with E-state index in [2.05, 4.69) is 11.9 Å². The first-order valence-corrected chi connectivity index (χ1v) is 5.15. The molecule has 1 saturated carbocycles. The summed E-state index contributed by atoms with van der Waals surface area (Å²) in [6, 6.07) is 3.94. The summed E-state index contributed by atoms with van der Waals surface area (Å²) in [7, 11) is 0. The third kappa shape index (κ3) is 1.67. The van der Waals surface area contributed by atoms with Crippen molar-refractivity contribution >= 4 is 0 Å². The van der Waals surface area contributed by atoms with Gasteiger partial charge in [-0.1, -0.05) is 6.92 Å². The van der Waals surface area contributed by atoms with Crippen LogP contribution in [0.5, 0.6) is 0 Å². The molecule has 0 spiro atoms. The maximum atomic E-state index is 10.3. The third-order valence-corrected chi connectivity index (χ3v) is 3.60. The van der Waals surface area contributed by atoms with Crippen LogP contribution in [0.2, 0.25) is 0 Å². The number of hydrogen-bond acceptors (Lipinski definition) is 2. The smallest absolute Gasteiger partial charge is 0.0713 e. The van der Waals surface area contributed by atoms with Crippen molar-refractivity contribution in [3.8, 4) is 0 Å². The Balaban J connectivity index is 2.11. The quantitative estimate of drug-likeness (QED) is 0.794. The second-order valence-electron chi connectivity index (χ2n) is 4.87. The number of rotatable bonds is 3. The molecule has 0 bridgehead atoms. The summed E-state index contributed by atoms with van der Waals surface area (Å²) >= 11 is 0. The van der Waals surface area contributed by atoms with Crippen molar-refractivity contribution in [1.82, 2.24) is 4.98 Å². The molecule has 1 atom stereocenters. The second-order valence-corrected chi connectivity index (χ2v) is 4.87. The van der Waals surface area contributed by atoms with Crippen LogP contribution in [0.4, 0.5) is 0 Å². The average molecular weight is 191 g/mol. The molecule has 14 heavy (non-hydrogen) atoms. The van der Waals surface area contributed by atoms with E-state index in [1.165, 1.54) is 0 Å². The molecule has 1 aromatic heterocycles. The lowest BCUT2D eigenvalue weighted by atomic mass is 9.82. The summed E-state index contributed by atoms with van der Waals surface area (Å²) in [6.07, 6.45) is 6.57. The van der Waals surface area contributed by atoms with Crippen LogP contribution < -0.4 is 0 Å². The van der Waals surface area contributed by atoms with Crippen molar-refractivity contribution in [2.45, 2.75) is 38.7 Å². The van der Waals surface area contributed by atoms with Gasteiger partial charge in [0.2, 0.25) is 0 Å². The molecule has 2 rings (SSSR count). The van der Waals surface area contributed by atoms with Gasteiger partial charge < -0.3 is 5.11 Å². The van der Waals surface area contributed by atoms with E-state index in [-0.39, 0.29) is 5.41 Å². The predicted octanol–water partition coefficient (Wildman–Crippen LogP) is 2.18. The number of hydrogen-bond donors (Lipinski definition) is 1. The van der Waals surface area contributed by atoms with E-state index in [4.69, 9.17) is 0 Å². The SMILES string of the molecule is CC1([C@](C)(O)Cc2ccncc2)CC1. The maximum Gasteiger partial charge on any atom is 0.0713 e. The van der Waals surface area contributed by atoms with Gasteiger partial charge in [0.05, 0.1) is 5.60 Å². The van der Waals surface area contributed by atoms with Gasteiger partial charge in [0.15, 0.2) is 0 Å². The second kappa shape index (κ2) is 3.06. The van der Waals surface area contributed by atoms with Crippen molar-refractivity contribution in [2.75, 3.05) is 0 Å². The zero-order valence-electron chi connectivity index (χ0n) is 8.83. The number of pyridine rings is 1. The Morgan fingerprint density at radius 2 is 2.00 bits per heavy atom. The van der Waals surface area contributed by atoms with Gasteiger partial charge in [-0.15, -0.1) is 0 Å². The Morgan fingerprint density at radius 1 is 1.43 bits per heavy atom. The zero-order chi connectivity index (χ0) is 10.2. The Bertz CT molecular complexity index is 314. The number of aromatic nitrogens is 1. The van der Waals surface area contributed by atoms with Gasteiger partial charge >= 0.3 is 0 Å². The highest BCUT2D eigenvalue weighted by Gasteiger charge is 2.51. The summed E-state index contributed by atoms with van der Waals surface area (Å²) in [5.74, 6) is 0. The lowest BCUT2D eigenvalue weighted by Gasteiger charge is -2.30. The largest absolute Gasteiger partial charge is 0.389 e. The van der Waals surface area contributed by atoms with Gasteiger partial charge in [0.1, 0.15) is 0 Å². The lowest BCUT2D eigenvalue weighted by molar-refractivity contribution is -0.00703. The van der Waals surface area contributed by atoms with Gasteiger partial charge in [-0.25, -0.2) is 0 Å². The Kier molecular flexibility index (Phi) is 2.11. The fourth-order valence-electron chi connectivity index (χ4n) is 1.84. The van der Waals surface area contributed by atoms with Gasteiger partial charge in [0.25, 0.3) is 0 Å². The van der Waals surface area contributed by atoms with Crippen LogP contribution >= 0.6 is 0 Å². The zero-order valence-corrected chi connectivity index (χ0v) is 8.83. The molecule has 0 amide bonds. The number of aliphatic hydroxyl groups is 1. The minimum atomic E-state index is -0.575. The summed E-state index contributed by atoms with van der Waals surface area (Å²) < 4.78 is 0. The van der Waals surface area contributed by atoms with Crippen molar-refractivity contribution in [1.29, 1.82) is 0 Å². The normalized spacial score (nSPS) is 22.8. The highest BCUT2D eigenvalue weighted by atomic mass is 16.3. The molecule has 0 saturated heterocycles. The molecule has 0 aromatic carbocycles. The Labute approximate surface area is 85.0 Å². The molecule has 2 nitrogen and oxygen atoms in total.